The van der Waals surface area contributed by atoms with Gasteiger partial charge in [0.2, 0.25) is 10.0 Å². The van der Waals surface area contributed by atoms with Gasteiger partial charge in [-0.15, -0.1) is 11.3 Å². The van der Waals surface area contributed by atoms with Crippen LogP contribution in [0.25, 0.3) is 10.6 Å². The molecule has 7 heteroatoms. The molecule has 0 aromatic carbocycles. The molecule has 0 aliphatic rings. The Balaban J connectivity index is 2.27. The Kier molecular flexibility index (Phi) is 4.31. The lowest BCUT2D eigenvalue weighted by Crippen LogP contribution is -2.34. The zero-order valence-corrected chi connectivity index (χ0v) is 11.9. The number of hydrogen-bond donors (Lipinski definition) is 2. The van der Waals surface area contributed by atoms with Crippen LogP contribution in [-0.4, -0.2) is 31.2 Å². The monoisotopic (exact) mass is 298 g/mol. The summed E-state index contributed by atoms with van der Waals surface area (Å²) >= 11 is 1.15. The third-order valence-electron chi connectivity index (χ3n) is 2.39. The van der Waals surface area contributed by atoms with Gasteiger partial charge in [-0.1, -0.05) is 6.07 Å². The summed E-state index contributed by atoms with van der Waals surface area (Å²) in [5.74, 6) is 0. The van der Waals surface area contributed by atoms with Crippen molar-refractivity contribution < 1.29 is 13.5 Å². The van der Waals surface area contributed by atoms with Gasteiger partial charge in [0.25, 0.3) is 0 Å². The molecule has 102 valence electrons. The first kappa shape index (κ1) is 14.1. The van der Waals surface area contributed by atoms with Crippen molar-refractivity contribution in [3.8, 4) is 10.6 Å². The Morgan fingerprint density at radius 3 is 2.79 bits per heavy atom. The number of pyridine rings is 1. The Hall–Kier alpha value is -1.28. The topological polar surface area (TPSA) is 79.3 Å². The quantitative estimate of drug-likeness (QED) is 0.876. The Labute approximate surface area is 116 Å². The molecule has 0 saturated carbocycles. The van der Waals surface area contributed by atoms with Crippen LogP contribution >= 0.6 is 11.3 Å². The third-order valence-corrected chi connectivity index (χ3v) is 5.58. The average molecular weight is 298 g/mol. The summed E-state index contributed by atoms with van der Waals surface area (Å²) in [6, 6.07) is 8.24. The van der Waals surface area contributed by atoms with Crippen molar-refractivity contribution in [3.63, 3.8) is 0 Å². The molecule has 2 heterocycles. The first-order chi connectivity index (χ1) is 9.03. The number of aliphatic hydroxyl groups is 1. The van der Waals surface area contributed by atoms with Gasteiger partial charge >= 0.3 is 0 Å². The molecule has 0 unspecified atom stereocenters. The maximum absolute atomic E-state index is 12.0. The van der Waals surface area contributed by atoms with E-state index in [1.54, 1.807) is 31.3 Å². The van der Waals surface area contributed by atoms with Crippen LogP contribution in [0.2, 0.25) is 0 Å². The maximum atomic E-state index is 12.0. The molecule has 5 nitrogen and oxygen atoms in total. The van der Waals surface area contributed by atoms with Crippen molar-refractivity contribution in [2.75, 3.05) is 6.61 Å². The Morgan fingerprint density at radius 1 is 1.37 bits per heavy atom. The third kappa shape index (κ3) is 3.38. The first-order valence-electron chi connectivity index (χ1n) is 5.67. The molecule has 0 aliphatic carbocycles. The number of sulfonamides is 1. The number of aliphatic hydroxyl groups excluding tert-OH is 1. The number of rotatable bonds is 5. The van der Waals surface area contributed by atoms with Gasteiger partial charge in [0.1, 0.15) is 4.21 Å². The molecular formula is C12H14N2O3S2. The zero-order chi connectivity index (χ0) is 13.9. The lowest BCUT2D eigenvalue weighted by molar-refractivity contribution is 0.265. The minimum atomic E-state index is -3.58. The summed E-state index contributed by atoms with van der Waals surface area (Å²) in [5.41, 5.74) is 0.740. The fourth-order valence-corrected chi connectivity index (χ4v) is 4.01. The molecule has 0 radical (unpaired) electrons. The minimum Gasteiger partial charge on any atom is -0.395 e. The summed E-state index contributed by atoms with van der Waals surface area (Å²) in [6.07, 6.45) is 1.66. The zero-order valence-electron chi connectivity index (χ0n) is 10.3. The van der Waals surface area contributed by atoms with E-state index >= 15 is 0 Å². The van der Waals surface area contributed by atoms with Crippen molar-refractivity contribution >= 4 is 21.4 Å². The average Bonchev–Trinajstić information content (AvgIpc) is 2.89. The van der Waals surface area contributed by atoms with Gasteiger partial charge in [0.15, 0.2) is 0 Å². The molecule has 2 aromatic rings. The molecule has 2 N–H and O–H groups in total. The molecule has 1 atom stereocenters. The first-order valence-corrected chi connectivity index (χ1v) is 7.97. The molecule has 0 fully saturated rings. The van der Waals surface area contributed by atoms with Crippen molar-refractivity contribution in [1.29, 1.82) is 0 Å². The summed E-state index contributed by atoms with van der Waals surface area (Å²) in [6.45, 7) is 1.36. The maximum Gasteiger partial charge on any atom is 0.250 e. The molecule has 0 spiro atoms. The van der Waals surface area contributed by atoms with E-state index < -0.39 is 16.1 Å². The van der Waals surface area contributed by atoms with Gasteiger partial charge in [0.05, 0.1) is 17.2 Å². The highest BCUT2D eigenvalue weighted by Crippen LogP contribution is 2.29. The van der Waals surface area contributed by atoms with Crippen LogP contribution < -0.4 is 4.72 Å². The smallest absolute Gasteiger partial charge is 0.250 e. The summed E-state index contributed by atoms with van der Waals surface area (Å²) < 4.78 is 26.6. The minimum absolute atomic E-state index is 0.216. The molecule has 0 bridgehead atoms. The fourth-order valence-electron chi connectivity index (χ4n) is 1.47. The highest BCUT2D eigenvalue weighted by Gasteiger charge is 2.19. The lowest BCUT2D eigenvalue weighted by Gasteiger charge is -2.09. The van der Waals surface area contributed by atoms with Gasteiger partial charge in [0, 0.05) is 12.2 Å². The van der Waals surface area contributed by atoms with Crippen LogP contribution in [0.3, 0.4) is 0 Å². The second kappa shape index (κ2) is 5.79. The van der Waals surface area contributed by atoms with Crippen LogP contribution in [-0.2, 0) is 10.0 Å². The second-order valence-corrected chi connectivity index (χ2v) is 7.06. The Bertz CT molecular complexity index is 638. The highest BCUT2D eigenvalue weighted by atomic mass is 32.2. The van der Waals surface area contributed by atoms with Gasteiger partial charge < -0.3 is 5.11 Å². The van der Waals surface area contributed by atoms with Crippen molar-refractivity contribution in [3.05, 3.63) is 36.5 Å². The second-order valence-electron chi connectivity index (χ2n) is 4.04. The normalized spacial score (nSPS) is 13.4. The molecule has 0 amide bonds. The van der Waals surface area contributed by atoms with E-state index in [0.29, 0.717) is 0 Å². The molecule has 2 aromatic heterocycles. The fraction of sp³-hybridized carbons (Fsp3) is 0.250. The van der Waals surface area contributed by atoms with Crippen molar-refractivity contribution in [2.45, 2.75) is 17.2 Å². The van der Waals surface area contributed by atoms with E-state index in [4.69, 9.17) is 5.11 Å². The SMILES string of the molecule is C[C@H](CO)NS(=O)(=O)c1ccc(-c2ccccn2)s1. The Morgan fingerprint density at radius 2 is 2.16 bits per heavy atom. The van der Waals surface area contributed by atoms with Crippen molar-refractivity contribution in [2.24, 2.45) is 0 Å². The molecule has 0 saturated heterocycles. The molecule has 2 rings (SSSR count). The molecule has 0 aliphatic heterocycles. The van der Waals surface area contributed by atoms with Gasteiger partial charge in [-0.3, -0.25) is 4.98 Å². The molecule has 19 heavy (non-hydrogen) atoms. The predicted octanol–water partition coefficient (Wildman–Crippen LogP) is 1.47. The van der Waals surface area contributed by atoms with Crippen molar-refractivity contribution in [1.82, 2.24) is 9.71 Å². The largest absolute Gasteiger partial charge is 0.395 e. The number of thiophene rings is 1. The number of hydrogen-bond acceptors (Lipinski definition) is 5. The lowest BCUT2D eigenvalue weighted by atomic mass is 10.3. The van der Waals surface area contributed by atoms with Crippen LogP contribution in [0, 0.1) is 0 Å². The molecular weight excluding hydrogens is 284 g/mol. The highest BCUT2D eigenvalue weighted by molar-refractivity contribution is 7.91. The summed E-state index contributed by atoms with van der Waals surface area (Å²) in [5, 5.41) is 8.89. The number of nitrogens with one attached hydrogen (secondary N) is 1. The number of aromatic nitrogens is 1. The van der Waals surface area contributed by atoms with Crippen LogP contribution in [0.1, 0.15) is 6.92 Å². The van der Waals surface area contributed by atoms with E-state index in [9.17, 15) is 8.42 Å². The van der Waals surface area contributed by atoms with E-state index in [-0.39, 0.29) is 10.8 Å². The van der Waals surface area contributed by atoms with Crippen LogP contribution in [0.15, 0.2) is 40.7 Å². The summed E-state index contributed by atoms with van der Waals surface area (Å²) in [4.78, 5) is 4.97. The van der Waals surface area contributed by atoms with Gasteiger partial charge in [-0.2, -0.15) is 0 Å². The van der Waals surface area contributed by atoms with Gasteiger partial charge in [-0.05, 0) is 31.2 Å². The standard InChI is InChI=1S/C12H14N2O3S2/c1-9(8-15)14-19(16,17)12-6-5-11(18-12)10-4-2-3-7-13-10/h2-7,9,14-15H,8H2,1H3/t9-/m1/s1. The van der Waals surface area contributed by atoms with Crippen LogP contribution in [0.5, 0.6) is 0 Å². The van der Waals surface area contributed by atoms with E-state index in [0.717, 1.165) is 21.9 Å². The van der Waals surface area contributed by atoms with Gasteiger partial charge in [-0.25, -0.2) is 13.1 Å². The predicted molar refractivity (Wildman–Crippen MR) is 74.4 cm³/mol. The van der Waals surface area contributed by atoms with E-state index in [1.165, 1.54) is 0 Å². The summed E-state index contributed by atoms with van der Waals surface area (Å²) in [7, 11) is -3.58. The van der Waals surface area contributed by atoms with Crippen LogP contribution in [0.4, 0.5) is 0 Å². The van der Waals surface area contributed by atoms with E-state index in [1.807, 2.05) is 12.1 Å². The number of nitrogens with zero attached hydrogens (tertiary/aromatic N) is 1. The van der Waals surface area contributed by atoms with E-state index in [2.05, 4.69) is 9.71 Å².